The van der Waals surface area contributed by atoms with Gasteiger partial charge in [0.05, 0.1) is 19.8 Å². The zero-order valence-corrected chi connectivity index (χ0v) is 11.4. The number of nitrogens with zero attached hydrogens (tertiary/aromatic N) is 1. The highest BCUT2D eigenvalue weighted by molar-refractivity contribution is 5.97. The summed E-state index contributed by atoms with van der Waals surface area (Å²) in [6, 6.07) is 3.94. The fourth-order valence-electron chi connectivity index (χ4n) is 2.03. The summed E-state index contributed by atoms with van der Waals surface area (Å²) in [6.45, 7) is 1.25. The van der Waals surface area contributed by atoms with Crippen molar-refractivity contribution in [2.24, 2.45) is 0 Å². The van der Waals surface area contributed by atoms with E-state index in [1.807, 2.05) is 0 Å². The fourth-order valence-corrected chi connectivity index (χ4v) is 2.03. The van der Waals surface area contributed by atoms with Crippen LogP contribution >= 0.6 is 0 Å². The van der Waals surface area contributed by atoms with Crippen LogP contribution in [0.2, 0.25) is 0 Å². The highest BCUT2D eigenvalue weighted by atomic mass is 19.1. The van der Waals surface area contributed by atoms with Gasteiger partial charge in [0.15, 0.2) is 0 Å². The topological polar surface area (TPSA) is 78.9 Å². The lowest BCUT2D eigenvalue weighted by Crippen LogP contribution is -2.53. The van der Waals surface area contributed by atoms with Crippen molar-refractivity contribution in [2.45, 2.75) is 6.04 Å². The number of morpholine rings is 1. The molecule has 0 radical (unpaired) electrons. The van der Waals surface area contributed by atoms with E-state index in [9.17, 15) is 19.1 Å². The van der Waals surface area contributed by atoms with Crippen molar-refractivity contribution in [1.29, 1.82) is 0 Å². The van der Waals surface area contributed by atoms with Crippen LogP contribution in [0, 0.1) is 5.82 Å². The molecule has 1 fully saturated rings. The summed E-state index contributed by atoms with van der Waals surface area (Å²) in [7, 11) is 0. The number of carbonyl (C=O) groups is 2. The molecule has 1 heterocycles. The Morgan fingerprint density at radius 2 is 1.90 bits per heavy atom. The van der Waals surface area contributed by atoms with E-state index >= 15 is 0 Å². The Morgan fingerprint density at radius 3 is 2.48 bits per heavy atom. The summed E-state index contributed by atoms with van der Waals surface area (Å²) in [5.74, 6) is -1.33. The molecule has 1 atom stereocenters. The maximum atomic E-state index is 12.8. The Labute approximate surface area is 121 Å². The van der Waals surface area contributed by atoms with E-state index in [1.165, 1.54) is 17.0 Å². The minimum absolute atomic E-state index is 0.227. The first-order chi connectivity index (χ1) is 10.1. The largest absolute Gasteiger partial charge is 0.394 e. The molecule has 2 rings (SSSR count). The molecule has 1 saturated heterocycles. The van der Waals surface area contributed by atoms with Crippen LogP contribution in [0.5, 0.6) is 0 Å². The van der Waals surface area contributed by atoms with E-state index in [0.717, 1.165) is 12.1 Å². The summed E-state index contributed by atoms with van der Waals surface area (Å²) < 4.78 is 18.0. The van der Waals surface area contributed by atoms with Gasteiger partial charge < -0.3 is 20.1 Å². The van der Waals surface area contributed by atoms with Crippen LogP contribution in [-0.4, -0.2) is 60.8 Å². The summed E-state index contributed by atoms with van der Waals surface area (Å²) in [6.07, 6.45) is 0. The molecule has 1 aliphatic rings. The predicted octanol–water partition coefficient (Wildman–Crippen LogP) is -0.225. The van der Waals surface area contributed by atoms with Crippen molar-refractivity contribution in [3.63, 3.8) is 0 Å². The Bertz CT molecular complexity index is 500. The number of hydrogen-bond acceptors (Lipinski definition) is 4. The quantitative estimate of drug-likeness (QED) is 0.805. The van der Waals surface area contributed by atoms with Gasteiger partial charge in [-0.2, -0.15) is 0 Å². The van der Waals surface area contributed by atoms with E-state index in [4.69, 9.17) is 4.74 Å². The van der Waals surface area contributed by atoms with Crippen LogP contribution in [0.25, 0.3) is 0 Å². The van der Waals surface area contributed by atoms with Gasteiger partial charge in [-0.15, -0.1) is 0 Å². The predicted molar refractivity (Wildman–Crippen MR) is 72.1 cm³/mol. The summed E-state index contributed by atoms with van der Waals surface area (Å²) >= 11 is 0. The molecule has 0 saturated carbocycles. The maximum absolute atomic E-state index is 12.8. The number of halogens is 1. The lowest BCUT2D eigenvalue weighted by molar-refractivity contribution is -0.138. The van der Waals surface area contributed by atoms with Gasteiger partial charge in [-0.25, -0.2) is 4.39 Å². The molecule has 1 aromatic carbocycles. The van der Waals surface area contributed by atoms with Gasteiger partial charge in [0.2, 0.25) is 5.91 Å². The molecule has 0 aromatic heterocycles. The molecule has 1 aromatic rings. The van der Waals surface area contributed by atoms with Gasteiger partial charge in [0, 0.05) is 18.7 Å². The molecular weight excluding hydrogens is 279 g/mol. The molecule has 0 bridgehead atoms. The second kappa shape index (κ2) is 7.14. The Kier molecular flexibility index (Phi) is 5.24. The van der Waals surface area contributed by atoms with Crippen molar-refractivity contribution in [1.82, 2.24) is 10.2 Å². The maximum Gasteiger partial charge on any atom is 0.251 e. The Balaban J connectivity index is 1.99. The summed E-state index contributed by atoms with van der Waals surface area (Å²) in [5.41, 5.74) is 0.227. The van der Waals surface area contributed by atoms with Crippen LogP contribution in [0.4, 0.5) is 4.39 Å². The number of amides is 2. The number of hydrogen-bond donors (Lipinski definition) is 2. The van der Waals surface area contributed by atoms with E-state index in [-0.39, 0.29) is 11.5 Å². The number of nitrogens with one attached hydrogen (secondary N) is 1. The lowest BCUT2D eigenvalue weighted by Gasteiger charge is -2.30. The van der Waals surface area contributed by atoms with Crippen LogP contribution < -0.4 is 5.32 Å². The molecule has 0 spiro atoms. The fraction of sp³-hybridized carbons (Fsp3) is 0.429. The first kappa shape index (κ1) is 15.4. The molecule has 114 valence electrons. The summed E-state index contributed by atoms with van der Waals surface area (Å²) in [5, 5.41) is 11.8. The monoisotopic (exact) mass is 296 g/mol. The molecule has 21 heavy (non-hydrogen) atoms. The van der Waals surface area contributed by atoms with Crippen molar-refractivity contribution in [3.05, 3.63) is 35.6 Å². The lowest BCUT2D eigenvalue weighted by atomic mass is 10.2. The van der Waals surface area contributed by atoms with E-state index in [2.05, 4.69) is 5.32 Å². The molecule has 2 amide bonds. The molecule has 1 unspecified atom stereocenters. The van der Waals surface area contributed by atoms with Crippen LogP contribution in [0.15, 0.2) is 24.3 Å². The highest BCUT2D eigenvalue weighted by Gasteiger charge is 2.26. The number of aliphatic hydroxyl groups is 1. The minimum Gasteiger partial charge on any atom is -0.394 e. The molecule has 0 aliphatic carbocycles. The van der Waals surface area contributed by atoms with Crippen molar-refractivity contribution >= 4 is 11.8 Å². The number of aliphatic hydroxyl groups excluding tert-OH is 1. The van der Waals surface area contributed by atoms with Crippen molar-refractivity contribution < 1.29 is 23.8 Å². The second-order valence-electron chi connectivity index (χ2n) is 4.65. The zero-order chi connectivity index (χ0) is 15.2. The van der Waals surface area contributed by atoms with Crippen LogP contribution in [-0.2, 0) is 9.53 Å². The van der Waals surface area contributed by atoms with Gasteiger partial charge in [-0.05, 0) is 24.3 Å². The highest BCUT2D eigenvalue weighted by Crippen LogP contribution is 2.05. The molecule has 2 N–H and O–H groups in total. The summed E-state index contributed by atoms with van der Waals surface area (Å²) in [4.78, 5) is 25.7. The van der Waals surface area contributed by atoms with Gasteiger partial charge in [-0.1, -0.05) is 0 Å². The molecule has 7 heteroatoms. The van der Waals surface area contributed by atoms with Crippen LogP contribution in [0.3, 0.4) is 0 Å². The van der Waals surface area contributed by atoms with Gasteiger partial charge in [0.25, 0.3) is 5.91 Å². The normalized spacial score (nSPS) is 16.4. The van der Waals surface area contributed by atoms with Gasteiger partial charge >= 0.3 is 0 Å². The van der Waals surface area contributed by atoms with Gasteiger partial charge in [0.1, 0.15) is 11.9 Å². The van der Waals surface area contributed by atoms with E-state index in [0.29, 0.717) is 26.3 Å². The van der Waals surface area contributed by atoms with Crippen LogP contribution in [0.1, 0.15) is 10.4 Å². The Morgan fingerprint density at radius 1 is 1.29 bits per heavy atom. The van der Waals surface area contributed by atoms with Crippen molar-refractivity contribution in [2.75, 3.05) is 32.9 Å². The smallest absolute Gasteiger partial charge is 0.251 e. The second-order valence-corrected chi connectivity index (χ2v) is 4.65. The van der Waals surface area contributed by atoms with Gasteiger partial charge in [-0.3, -0.25) is 9.59 Å². The number of ether oxygens (including phenoxy) is 1. The SMILES string of the molecule is O=C(NC(CO)C(=O)N1CCOCC1)c1ccc(F)cc1. The van der Waals surface area contributed by atoms with E-state index < -0.39 is 24.4 Å². The number of rotatable bonds is 4. The average molecular weight is 296 g/mol. The standard InChI is InChI=1S/C14H17FN2O4/c15-11-3-1-10(2-4-11)13(19)16-12(9-18)14(20)17-5-7-21-8-6-17/h1-4,12,18H,5-9H2,(H,16,19). The first-order valence-corrected chi connectivity index (χ1v) is 6.65. The molecule has 6 nitrogen and oxygen atoms in total. The van der Waals surface area contributed by atoms with Crippen molar-refractivity contribution in [3.8, 4) is 0 Å². The number of benzene rings is 1. The third kappa shape index (κ3) is 3.99. The molecule has 1 aliphatic heterocycles. The number of carbonyl (C=O) groups excluding carboxylic acids is 2. The average Bonchev–Trinajstić information content (AvgIpc) is 2.53. The third-order valence-corrected chi connectivity index (χ3v) is 3.22. The Hall–Kier alpha value is -1.99. The molecular formula is C14H17FN2O4. The first-order valence-electron chi connectivity index (χ1n) is 6.65. The third-order valence-electron chi connectivity index (χ3n) is 3.22. The minimum atomic E-state index is -1.01. The zero-order valence-electron chi connectivity index (χ0n) is 11.4. The van der Waals surface area contributed by atoms with E-state index in [1.54, 1.807) is 0 Å².